The van der Waals surface area contributed by atoms with Crippen LogP contribution in [0.2, 0.25) is 0 Å². The van der Waals surface area contributed by atoms with Gasteiger partial charge in [-0.05, 0) is 66.5 Å². The van der Waals surface area contributed by atoms with E-state index < -0.39 is 0 Å². The molecule has 3 aromatic heterocycles. The minimum atomic E-state index is 0.439. The fraction of sp³-hybridized carbons (Fsp3) is 0.417. The topological polar surface area (TPSA) is 46.0 Å². The Balaban J connectivity index is 1.70. The van der Waals surface area contributed by atoms with E-state index in [4.69, 9.17) is 0 Å². The molecule has 0 saturated heterocycles. The quantitative estimate of drug-likeness (QED) is 0.480. The lowest BCUT2D eigenvalue weighted by Crippen LogP contribution is -2.13. The Hall–Kier alpha value is -2.62. The summed E-state index contributed by atoms with van der Waals surface area (Å²) in [5.74, 6) is 1.33. The molecule has 1 fully saturated rings. The fourth-order valence-electron chi connectivity index (χ4n) is 4.68. The van der Waals surface area contributed by atoms with Gasteiger partial charge in [-0.3, -0.25) is 0 Å². The highest BCUT2D eigenvalue weighted by Crippen LogP contribution is 2.39. The number of rotatable bonds is 4. The summed E-state index contributed by atoms with van der Waals surface area (Å²) < 4.78 is 1.90. The van der Waals surface area contributed by atoms with E-state index in [0.29, 0.717) is 5.92 Å². The lowest BCUT2D eigenvalue weighted by molar-refractivity contribution is 0.314. The summed E-state index contributed by atoms with van der Waals surface area (Å²) in [5.41, 5.74) is 9.95. The van der Waals surface area contributed by atoms with Crippen LogP contribution >= 0.6 is 0 Å². The van der Waals surface area contributed by atoms with Crippen LogP contribution in [0.15, 0.2) is 30.7 Å². The summed E-state index contributed by atoms with van der Waals surface area (Å²) in [6.07, 6.45) is 9.16. The third-order valence-electron chi connectivity index (χ3n) is 6.63. The van der Waals surface area contributed by atoms with Crippen molar-refractivity contribution < 1.29 is 0 Å². The van der Waals surface area contributed by atoms with Crippen molar-refractivity contribution in [3.63, 3.8) is 0 Å². The Morgan fingerprint density at radius 2 is 2.00 bits per heavy atom. The van der Waals surface area contributed by atoms with Crippen molar-refractivity contribution in [3.05, 3.63) is 53.0 Å². The van der Waals surface area contributed by atoms with Gasteiger partial charge in [-0.2, -0.15) is 5.10 Å². The molecular formula is C24H28N4. The Morgan fingerprint density at radius 1 is 1.18 bits per heavy atom. The maximum Gasteiger partial charge on any atom is 0.158 e. The van der Waals surface area contributed by atoms with Crippen LogP contribution in [0.25, 0.3) is 27.8 Å². The average Bonchev–Trinajstić information content (AvgIpc) is 3.25. The molecule has 0 atom stereocenters. The van der Waals surface area contributed by atoms with Crippen LogP contribution in [-0.2, 0) is 6.42 Å². The maximum atomic E-state index is 4.41. The Labute approximate surface area is 166 Å². The summed E-state index contributed by atoms with van der Waals surface area (Å²) in [6.45, 7) is 8.91. The van der Waals surface area contributed by atoms with Crippen molar-refractivity contribution in [2.75, 3.05) is 0 Å². The summed E-state index contributed by atoms with van der Waals surface area (Å²) in [4.78, 5) is 8.14. The lowest BCUT2D eigenvalue weighted by Gasteiger charge is -2.25. The molecule has 144 valence electrons. The van der Waals surface area contributed by atoms with Crippen molar-refractivity contribution in [2.24, 2.45) is 5.92 Å². The fourth-order valence-corrected chi connectivity index (χ4v) is 4.68. The average molecular weight is 373 g/mol. The number of nitrogens with zero attached hydrogens (tertiary/aromatic N) is 3. The van der Waals surface area contributed by atoms with Gasteiger partial charge in [0.1, 0.15) is 6.33 Å². The molecule has 3 heterocycles. The van der Waals surface area contributed by atoms with Crippen molar-refractivity contribution in [3.8, 4) is 11.3 Å². The molecule has 0 amide bonds. The van der Waals surface area contributed by atoms with Crippen LogP contribution in [-0.4, -0.2) is 19.6 Å². The van der Waals surface area contributed by atoms with Crippen molar-refractivity contribution in [1.82, 2.24) is 19.6 Å². The molecular weight excluding hydrogens is 344 g/mol. The zero-order valence-corrected chi connectivity index (χ0v) is 17.2. The Morgan fingerprint density at radius 3 is 2.71 bits per heavy atom. The smallest absolute Gasteiger partial charge is 0.158 e. The van der Waals surface area contributed by atoms with Crippen LogP contribution in [0.5, 0.6) is 0 Å². The molecule has 1 aromatic carbocycles. The molecule has 0 unspecified atom stereocenters. The molecule has 0 spiro atoms. The maximum absolute atomic E-state index is 4.41. The van der Waals surface area contributed by atoms with Crippen LogP contribution in [0.3, 0.4) is 0 Å². The molecule has 4 aromatic rings. The van der Waals surface area contributed by atoms with Gasteiger partial charge in [0, 0.05) is 22.7 Å². The van der Waals surface area contributed by atoms with E-state index in [0.717, 1.165) is 11.6 Å². The first kappa shape index (κ1) is 17.5. The first-order chi connectivity index (χ1) is 13.5. The van der Waals surface area contributed by atoms with Gasteiger partial charge in [0.15, 0.2) is 5.65 Å². The molecule has 0 bridgehead atoms. The Kier molecular flexibility index (Phi) is 4.04. The van der Waals surface area contributed by atoms with E-state index >= 15 is 0 Å². The Bertz CT molecular complexity index is 1170. The van der Waals surface area contributed by atoms with Gasteiger partial charge >= 0.3 is 0 Å². The zero-order valence-electron chi connectivity index (χ0n) is 17.2. The molecule has 0 aliphatic heterocycles. The normalized spacial score (nSPS) is 15.0. The minimum Gasteiger partial charge on any atom is -0.354 e. The molecule has 1 aliphatic carbocycles. The van der Waals surface area contributed by atoms with Crippen molar-refractivity contribution in [2.45, 2.75) is 59.3 Å². The second-order valence-corrected chi connectivity index (χ2v) is 8.77. The second-order valence-electron chi connectivity index (χ2n) is 8.77. The summed E-state index contributed by atoms with van der Waals surface area (Å²) in [7, 11) is 0. The first-order valence-corrected chi connectivity index (χ1v) is 10.5. The van der Waals surface area contributed by atoms with Gasteiger partial charge in [-0.1, -0.05) is 39.2 Å². The van der Waals surface area contributed by atoms with Crippen LogP contribution in [0.1, 0.15) is 61.3 Å². The van der Waals surface area contributed by atoms with Gasteiger partial charge in [0.05, 0.1) is 5.69 Å². The molecule has 0 radical (unpaired) electrons. The van der Waals surface area contributed by atoms with Crippen LogP contribution in [0, 0.1) is 19.8 Å². The third-order valence-corrected chi connectivity index (χ3v) is 6.63. The number of aryl methyl sites for hydroxylation is 1. The number of fused-ring (bicyclic) bond motifs is 2. The number of hydrogen-bond acceptors (Lipinski definition) is 2. The molecule has 28 heavy (non-hydrogen) atoms. The number of hydrogen-bond donors (Lipinski definition) is 1. The largest absolute Gasteiger partial charge is 0.354 e. The number of H-pyrrole nitrogens is 1. The van der Waals surface area contributed by atoms with Crippen molar-refractivity contribution in [1.29, 1.82) is 0 Å². The van der Waals surface area contributed by atoms with Crippen LogP contribution in [0.4, 0.5) is 0 Å². The highest BCUT2D eigenvalue weighted by Gasteiger charge is 2.21. The van der Waals surface area contributed by atoms with Crippen LogP contribution < -0.4 is 0 Å². The number of nitrogens with one attached hydrogen (secondary N) is 1. The number of pyridine rings is 1. The van der Waals surface area contributed by atoms with Gasteiger partial charge in [0.25, 0.3) is 0 Å². The van der Waals surface area contributed by atoms with E-state index in [9.17, 15) is 0 Å². The van der Waals surface area contributed by atoms with Crippen molar-refractivity contribution >= 4 is 16.6 Å². The molecule has 5 rings (SSSR count). The predicted molar refractivity (Wildman–Crippen MR) is 115 cm³/mol. The van der Waals surface area contributed by atoms with E-state index in [1.165, 1.54) is 70.1 Å². The molecule has 1 aliphatic rings. The molecule has 1 N–H and O–H groups in total. The van der Waals surface area contributed by atoms with Gasteiger partial charge in [0.2, 0.25) is 0 Å². The number of aromatic nitrogens is 4. The molecule has 4 heteroatoms. The first-order valence-electron chi connectivity index (χ1n) is 10.5. The van der Waals surface area contributed by atoms with E-state index in [2.05, 4.69) is 67.2 Å². The second kappa shape index (κ2) is 6.47. The van der Waals surface area contributed by atoms with Gasteiger partial charge in [-0.15, -0.1) is 0 Å². The van der Waals surface area contributed by atoms with E-state index in [-0.39, 0.29) is 0 Å². The van der Waals surface area contributed by atoms with Gasteiger partial charge in [-0.25, -0.2) is 9.50 Å². The van der Waals surface area contributed by atoms with E-state index in [1.54, 1.807) is 6.33 Å². The number of aromatic amines is 1. The third kappa shape index (κ3) is 2.66. The molecule has 1 saturated carbocycles. The monoisotopic (exact) mass is 372 g/mol. The zero-order chi connectivity index (χ0) is 19.4. The summed E-state index contributed by atoms with van der Waals surface area (Å²) >= 11 is 0. The highest BCUT2D eigenvalue weighted by molar-refractivity contribution is 5.92. The van der Waals surface area contributed by atoms with E-state index in [1.807, 2.05) is 4.52 Å². The SMILES string of the molecule is Cc1c(-c2[nH]c3ccc(CC4CCC4)cc3c2C(C)C)cn2ncnc2c1C. The predicted octanol–water partition coefficient (Wildman–Crippen LogP) is 5.96. The minimum absolute atomic E-state index is 0.439. The lowest BCUT2D eigenvalue weighted by atomic mass is 9.80. The molecule has 4 nitrogen and oxygen atoms in total. The van der Waals surface area contributed by atoms with Gasteiger partial charge < -0.3 is 4.98 Å². The summed E-state index contributed by atoms with van der Waals surface area (Å²) in [6, 6.07) is 7.01. The standard InChI is InChI=1S/C24H28N4/c1-14(2)22-19-11-18(10-17-6-5-7-17)8-9-21(19)27-23(22)20-12-28-24(25-13-26-28)16(4)15(20)3/h8-9,11-14,17,27H,5-7,10H2,1-4H3. The highest BCUT2D eigenvalue weighted by atomic mass is 15.3. The number of benzene rings is 1. The summed E-state index contributed by atoms with van der Waals surface area (Å²) in [5, 5.41) is 5.76.